The first-order chi connectivity index (χ1) is 14.2. The summed E-state index contributed by atoms with van der Waals surface area (Å²) >= 11 is 0. The van der Waals surface area contributed by atoms with Gasteiger partial charge in [0.2, 0.25) is 0 Å². The molecule has 0 rings (SSSR count). The van der Waals surface area contributed by atoms with E-state index in [1.54, 1.807) is 0 Å². The number of hydrogen-bond donors (Lipinski definition) is 0. The van der Waals surface area contributed by atoms with Crippen LogP contribution in [0.3, 0.4) is 0 Å². The van der Waals surface area contributed by atoms with Crippen LogP contribution >= 0.6 is 0 Å². The average molecular weight is 478 g/mol. The number of rotatable bonds is 8. The van der Waals surface area contributed by atoms with Gasteiger partial charge in [0, 0.05) is 9.82 Å². The topological polar surface area (TPSA) is 116 Å². The lowest BCUT2D eigenvalue weighted by Gasteiger charge is -2.32. The molecule has 0 unspecified atom stereocenters. The van der Waals surface area contributed by atoms with Gasteiger partial charge in [-0.25, -0.2) is 0 Å². The molecule has 0 saturated heterocycles. The van der Waals surface area contributed by atoms with E-state index in [4.69, 9.17) is 20.5 Å². The van der Waals surface area contributed by atoms with E-state index in [9.17, 15) is 26.3 Å². The van der Waals surface area contributed by atoms with E-state index in [-0.39, 0.29) is 12.8 Å². The summed E-state index contributed by atoms with van der Waals surface area (Å²) < 4.78 is 86.1. The minimum absolute atomic E-state index is 0.0737. The molecule has 14 heteroatoms. The highest BCUT2D eigenvalue weighted by Gasteiger charge is 2.47. The predicted octanol–water partition coefficient (Wildman–Crippen LogP) is 7.64. The van der Waals surface area contributed by atoms with Gasteiger partial charge in [-0.3, -0.25) is 0 Å². The second kappa shape index (κ2) is 13.0. The molecule has 0 aliphatic heterocycles. The highest BCUT2D eigenvalue weighted by Crippen LogP contribution is 2.32. The van der Waals surface area contributed by atoms with Crippen LogP contribution in [0.15, 0.2) is 10.2 Å². The smallest absolute Gasteiger partial charge is 0.363 e. The Hall–Kier alpha value is -1.88. The number of halogens is 6. The molecule has 0 saturated carbocycles. The fourth-order valence-electron chi connectivity index (χ4n) is 2.33. The maximum Gasteiger partial charge on any atom is 0.415 e. The van der Waals surface area contributed by atoms with Crippen molar-refractivity contribution in [3.8, 4) is 0 Å². The van der Waals surface area contributed by atoms with Crippen LogP contribution < -0.4 is 0 Å². The Morgan fingerprint density at radius 3 is 1.03 bits per heavy atom. The van der Waals surface area contributed by atoms with Crippen molar-refractivity contribution in [2.75, 3.05) is 0 Å². The van der Waals surface area contributed by atoms with Gasteiger partial charge in [-0.1, -0.05) is 24.1 Å². The molecule has 0 radical (unpaired) electrons. The van der Waals surface area contributed by atoms with Crippen LogP contribution in [-0.2, 0) is 9.47 Å². The zero-order valence-electron chi connectivity index (χ0n) is 19.5. The predicted molar refractivity (Wildman–Crippen MR) is 108 cm³/mol. The second-order valence-corrected chi connectivity index (χ2v) is 8.75. The van der Waals surface area contributed by atoms with Crippen molar-refractivity contribution in [2.24, 2.45) is 10.2 Å². The quantitative estimate of drug-likeness (QED) is 0.154. The molecule has 0 aromatic carbocycles. The van der Waals surface area contributed by atoms with Crippen LogP contribution in [0.4, 0.5) is 26.3 Å². The first-order valence-electron chi connectivity index (χ1n) is 9.80. The van der Waals surface area contributed by atoms with Crippen molar-refractivity contribution in [2.45, 2.75) is 116 Å². The Kier molecular flexibility index (Phi) is 13.1. The van der Waals surface area contributed by atoms with Gasteiger partial charge in [0.15, 0.2) is 12.2 Å². The summed E-state index contributed by atoms with van der Waals surface area (Å²) in [5.74, 6) is 0. The first kappa shape index (κ1) is 32.3. The lowest BCUT2D eigenvalue weighted by Crippen LogP contribution is -2.45. The standard InChI is InChI=1S/2C9H16F3N3O/c2*1-5-6(14-15-13)7(9(10,11)12)16-8(2,3)4/h2*6-7H,5H2,1-4H3/t2*6-,7-/m10/s1. The molecule has 0 aliphatic rings. The third-order valence-electron chi connectivity index (χ3n) is 3.54. The second-order valence-electron chi connectivity index (χ2n) is 8.75. The summed E-state index contributed by atoms with van der Waals surface area (Å²) in [6.45, 7) is 12.2. The van der Waals surface area contributed by atoms with Crippen molar-refractivity contribution in [3.63, 3.8) is 0 Å². The zero-order valence-corrected chi connectivity index (χ0v) is 19.5. The molecule has 8 nitrogen and oxygen atoms in total. The maximum atomic E-state index is 12.7. The molecule has 0 aromatic heterocycles. The minimum atomic E-state index is -4.54. The normalized spacial score (nSPS) is 16.4. The molecule has 0 heterocycles. The summed E-state index contributed by atoms with van der Waals surface area (Å²) in [6.07, 6.45) is -13.1. The van der Waals surface area contributed by atoms with E-state index in [0.29, 0.717) is 0 Å². The van der Waals surface area contributed by atoms with Crippen molar-refractivity contribution < 1.29 is 35.8 Å². The molecule has 0 fully saturated rings. The van der Waals surface area contributed by atoms with Crippen molar-refractivity contribution in [1.82, 2.24) is 0 Å². The average Bonchev–Trinajstić information content (AvgIpc) is 2.58. The van der Waals surface area contributed by atoms with E-state index in [0.717, 1.165) is 0 Å². The summed E-state index contributed by atoms with van der Waals surface area (Å²) in [5.41, 5.74) is 14.5. The number of hydrogen-bond acceptors (Lipinski definition) is 4. The summed E-state index contributed by atoms with van der Waals surface area (Å²) in [7, 11) is 0. The lowest BCUT2D eigenvalue weighted by atomic mass is 10.1. The van der Waals surface area contributed by atoms with E-state index in [1.807, 2.05) is 0 Å². The Labute approximate surface area is 183 Å². The van der Waals surface area contributed by atoms with Crippen LogP contribution in [0.2, 0.25) is 0 Å². The van der Waals surface area contributed by atoms with Gasteiger partial charge < -0.3 is 9.47 Å². The van der Waals surface area contributed by atoms with E-state index in [1.165, 1.54) is 55.4 Å². The molecule has 0 aromatic rings. The van der Waals surface area contributed by atoms with Gasteiger partial charge >= 0.3 is 12.4 Å². The van der Waals surface area contributed by atoms with Crippen LogP contribution in [0, 0.1) is 0 Å². The van der Waals surface area contributed by atoms with E-state index >= 15 is 0 Å². The monoisotopic (exact) mass is 478 g/mol. The Bertz CT molecular complexity index is 588. The SMILES string of the molecule is CC[C@@H](N=[N+]=[N-])[C@@H](OC(C)(C)C)C(F)(F)F.CC[C@H](N=[N+]=[N-])[C@H](OC(C)(C)C)C(F)(F)F. The molecule has 4 atom stereocenters. The first-order valence-corrected chi connectivity index (χ1v) is 9.80. The molecule has 0 N–H and O–H groups in total. The number of ether oxygens (including phenoxy) is 2. The van der Waals surface area contributed by atoms with E-state index in [2.05, 4.69) is 20.1 Å². The van der Waals surface area contributed by atoms with Crippen molar-refractivity contribution >= 4 is 0 Å². The van der Waals surface area contributed by atoms with Crippen LogP contribution in [0.5, 0.6) is 0 Å². The highest BCUT2D eigenvalue weighted by molar-refractivity contribution is 4.85. The Balaban J connectivity index is 0. The minimum Gasteiger partial charge on any atom is -0.363 e. The summed E-state index contributed by atoms with van der Waals surface area (Å²) in [4.78, 5) is 4.83. The van der Waals surface area contributed by atoms with Gasteiger partial charge in [-0.05, 0) is 65.4 Å². The molecular weight excluding hydrogens is 446 g/mol. The summed E-state index contributed by atoms with van der Waals surface area (Å²) in [5, 5.41) is 6.26. The third-order valence-corrected chi connectivity index (χ3v) is 3.54. The molecule has 188 valence electrons. The van der Waals surface area contributed by atoms with Gasteiger partial charge in [-0.2, -0.15) is 26.3 Å². The highest BCUT2D eigenvalue weighted by atomic mass is 19.4. The van der Waals surface area contributed by atoms with Gasteiger partial charge in [0.1, 0.15) is 0 Å². The lowest BCUT2D eigenvalue weighted by molar-refractivity contribution is -0.251. The largest absolute Gasteiger partial charge is 0.415 e. The fraction of sp³-hybridized carbons (Fsp3) is 1.00. The van der Waals surface area contributed by atoms with Gasteiger partial charge in [-0.15, -0.1) is 0 Å². The number of azide groups is 2. The van der Waals surface area contributed by atoms with Crippen LogP contribution in [0.25, 0.3) is 20.9 Å². The number of alkyl halides is 6. The number of nitrogens with zero attached hydrogens (tertiary/aromatic N) is 6. The molecular formula is C18H32F6N6O2. The molecule has 0 amide bonds. The van der Waals surface area contributed by atoms with Gasteiger partial charge in [0.25, 0.3) is 0 Å². The zero-order chi connectivity index (χ0) is 26.0. The van der Waals surface area contributed by atoms with Crippen LogP contribution in [0.1, 0.15) is 68.2 Å². The third kappa shape index (κ3) is 14.2. The maximum absolute atomic E-state index is 12.7. The Morgan fingerprint density at radius 1 is 0.656 bits per heavy atom. The fourth-order valence-corrected chi connectivity index (χ4v) is 2.33. The van der Waals surface area contributed by atoms with Crippen LogP contribution in [-0.4, -0.2) is 47.8 Å². The Morgan fingerprint density at radius 2 is 0.906 bits per heavy atom. The molecule has 0 spiro atoms. The van der Waals surface area contributed by atoms with Crippen molar-refractivity contribution in [1.29, 1.82) is 0 Å². The summed E-state index contributed by atoms with van der Waals surface area (Å²) in [6, 6.07) is -2.46. The molecule has 0 bridgehead atoms. The van der Waals surface area contributed by atoms with Gasteiger partial charge in [0.05, 0.1) is 23.3 Å². The molecule has 0 aliphatic carbocycles. The van der Waals surface area contributed by atoms with Crippen molar-refractivity contribution in [3.05, 3.63) is 20.9 Å². The molecule has 32 heavy (non-hydrogen) atoms. The van der Waals surface area contributed by atoms with E-state index < -0.39 is 47.8 Å².